The molecular formula is C13H13N3O. The van der Waals surface area contributed by atoms with E-state index in [1.54, 1.807) is 25.5 Å². The molecule has 0 radical (unpaired) electrons. The number of carbonyl (C=O) groups excluding carboxylic acids is 1. The van der Waals surface area contributed by atoms with Crippen molar-refractivity contribution in [1.82, 2.24) is 9.97 Å². The molecule has 0 aliphatic rings. The van der Waals surface area contributed by atoms with Gasteiger partial charge in [-0.1, -0.05) is 6.07 Å². The monoisotopic (exact) mass is 227 g/mol. The zero-order valence-electron chi connectivity index (χ0n) is 9.50. The van der Waals surface area contributed by atoms with Crippen molar-refractivity contribution in [3.8, 4) is 11.3 Å². The lowest BCUT2D eigenvalue weighted by Crippen LogP contribution is -2.18. The number of amides is 1. The molecule has 0 aliphatic carbocycles. The second kappa shape index (κ2) is 4.74. The SMILES string of the molecule is C[C@@H](C(N)=O)c1ccc(-c2cccnc2)nc1. The van der Waals surface area contributed by atoms with Gasteiger partial charge in [0.25, 0.3) is 0 Å². The van der Waals surface area contributed by atoms with E-state index in [9.17, 15) is 4.79 Å². The molecule has 0 unspecified atom stereocenters. The van der Waals surface area contributed by atoms with E-state index in [0.29, 0.717) is 0 Å². The highest BCUT2D eigenvalue weighted by molar-refractivity contribution is 5.81. The molecule has 4 nitrogen and oxygen atoms in total. The van der Waals surface area contributed by atoms with Gasteiger partial charge in [-0.2, -0.15) is 0 Å². The van der Waals surface area contributed by atoms with Crippen LogP contribution in [0.25, 0.3) is 11.3 Å². The minimum Gasteiger partial charge on any atom is -0.369 e. The quantitative estimate of drug-likeness (QED) is 0.868. The molecular weight excluding hydrogens is 214 g/mol. The molecule has 1 atom stereocenters. The lowest BCUT2D eigenvalue weighted by Gasteiger charge is -2.07. The molecule has 17 heavy (non-hydrogen) atoms. The van der Waals surface area contributed by atoms with Crippen molar-refractivity contribution in [2.45, 2.75) is 12.8 Å². The maximum Gasteiger partial charge on any atom is 0.224 e. The van der Waals surface area contributed by atoms with Crippen LogP contribution in [0, 0.1) is 0 Å². The minimum absolute atomic E-state index is 0.314. The van der Waals surface area contributed by atoms with Gasteiger partial charge in [0.05, 0.1) is 11.6 Å². The summed E-state index contributed by atoms with van der Waals surface area (Å²) in [5.74, 6) is -0.661. The fourth-order valence-corrected chi connectivity index (χ4v) is 1.51. The van der Waals surface area contributed by atoms with Crippen LogP contribution in [0.15, 0.2) is 42.9 Å². The van der Waals surface area contributed by atoms with Crippen LogP contribution < -0.4 is 5.73 Å². The summed E-state index contributed by atoms with van der Waals surface area (Å²) in [7, 11) is 0. The normalized spacial score (nSPS) is 12.1. The number of primary amides is 1. The average Bonchev–Trinajstić information content (AvgIpc) is 2.39. The maximum absolute atomic E-state index is 11.0. The number of aromatic nitrogens is 2. The van der Waals surface area contributed by atoms with Gasteiger partial charge >= 0.3 is 0 Å². The predicted octanol–water partition coefficient (Wildman–Crippen LogP) is 1.73. The Labute approximate surface area is 99.5 Å². The van der Waals surface area contributed by atoms with E-state index in [0.717, 1.165) is 16.8 Å². The molecule has 4 heteroatoms. The standard InChI is InChI=1S/C13H13N3O/c1-9(13(14)17)10-4-5-12(16-8-10)11-3-2-6-15-7-11/h2-9H,1H3,(H2,14,17)/t9-/m1/s1. The average molecular weight is 227 g/mol. The molecule has 2 heterocycles. The third kappa shape index (κ3) is 2.47. The first-order chi connectivity index (χ1) is 8.18. The third-order valence-corrected chi connectivity index (χ3v) is 2.67. The fraction of sp³-hybridized carbons (Fsp3) is 0.154. The van der Waals surface area contributed by atoms with Crippen LogP contribution in [0.5, 0.6) is 0 Å². The van der Waals surface area contributed by atoms with E-state index in [4.69, 9.17) is 5.73 Å². The van der Waals surface area contributed by atoms with Gasteiger partial charge in [0, 0.05) is 24.2 Å². The first-order valence-corrected chi connectivity index (χ1v) is 5.34. The Kier molecular flexibility index (Phi) is 3.14. The van der Waals surface area contributed by atoms with Crippen LogP contribution in [0.2, 0.25) is 0 Å². The van der Waals surface area contributed by atoms with Crippen molar-refractivity contribution < 1.29 is 4.79 Å². The number of nitrogens with two attached hydrogens (primary N) is 1. The molecule has 2 N–H and O–H groups in total. The smallest absolute Gasteiger partial charge is 0.224 e. The lowest BCUT2D eigenvalue weighted by atomic mass is 10.0. The zero-order chi connectivity index (χ0) is 12.3. The first kappa shape index (κ1) is 11.3. The Bertz CT molecular complexity index is 508. The first-order valence-electron chi connectivity index (χ1n) is 5.34. The second-order valence-corrected chi connectivity index (χ2v) is 3.84. The Balaban J connectivity index is 2.28. The zero-order valence-corrected chi connectivity index (χ0v) is 9.50. The summed E-state index contributed by atoms with van der Waals surface area (Å²) in [6.07, 6.45) is 5.14. The van der Waals surface area contributed by atoms with Gasteiger partial charge in [-0.15, -0.1) is 0 Å². The van der Waals surface area contributed by atoms with E-state index >= 15 is 0 Å². The number of hydrogen-bond acceptors (Lipinski definition) is 3. The van der Waals surface area contributed by atoms with E-state index in [1.807, 2.05) is 24.3 Å². The number of nitrogens with zero attached hydrogens (tertiary/aromatic N) is 2. The van der Waals surface area contributed by atoms with Crippen LogP contribution in [-0.2, 0) is 4.79 Å². The highest BCUT2D eigenvalue weighted by atomic mass is 16.1. The summed E-state index contributed by atoms with van der Waals surface area (Å²) in [5.41, 5.74) is 7.85. The van der Waals surface area contributed by atoms with Crippen molar-refractivity contribution in [2.24, 2.45) is 5.73 Å². The largest absolute Gasteiger partial charge is 0.369 e. The second-order valence-electron chi connectivity index (χ2n) is 3.84. The molecule has 0 spiro atoms. The van der Waals surface area contributed by atoms with E-state index in [-0.39, 0.29) is 11.8 Å². The Morgan fingerprint density at radius 2 is 2.12 bits per heavy atom. The lowest BCUT2D eigenvalue weighted by molar-refractivity contribution is -0.119. The summed E-state index contributed by atoms with van der Waals surface area (Å²) in [5, 5.41) is 0. The Morgan fingerprint density at radius 3 is 2.65 bits per heavy atom. The molecule has 0 saturated carbocycles. The predicted molar refractivity (Wildman–Crippen MR) is 65.1 cm³/mol. The molecule has 0 aromatic carbocycles. The van der Waals surface area contributed by atoms with Gasteiger partial charge in [0.2, 0.25) is 5.91 Å². The Hall–Kier alpha value is -2.23. The van der Waals surface area contributed by atoms with Crippen LogP contribution in [-0.4, -0.2) is 15.9 Å². The van der Waals surface area contributed by atoms with E-state index in [2.05, 4.69) is 9.97 Å². The Morgan fingerprint density at radius 1 is 1.29 bits per heavy atom. The van der Waals surface area contributed by atoms with Crippen LogP contribution >= 0.6 is 0 Å². The summed E-state index contributed by atoms with van der Waals surface area (Å²) in [6, 6.07) is 7.53. The summed E-state index contributed by atoms with van der Waals surface area (Å²) >= 11 is 0. The highest BCUT2D eigenvalue weighted by Crippen LogP contribution is 2.19. The van der Waals surface area contributed by atoms with E-state index < -0.39 is 0 Å². The molecule has 0 bridgehead atoms. The summed E-state index contributed by atoms with van der Waals surface area (Å²) in [4.78, 5) is 19.4. The van der Waals surface area contributed by atoms with Gasteiger partial charge in [-0.3, -0.25) is 14.8 Å². The van der Waals surface area contributed by atoms with Crippen molar-refractivity contribution in [3.05, 3.63) is 48.4 Å². The highest BCUT2D eigenvalue weighted by Gasteiger charge is 2.11. The molecule has 2 aromatic heterocycles. The number of pyridine rings is 2. The van der Waals surface area contributed by atoms with Crippen molar-refractivity contribution in [2.75, 3.05) is 0 Å². The molecule has 0 saturated heterocycles. The number of carbonyl (C=O) groups is 1. The van der Waals surface area contributed by atoms with Crippen LogP contribution in [0.4, 0.5) is 0 Å². The minimum atomic E-state index is -0.346. The van der Waals surface area contributed by atoms with Gasteiger partial charge < -0.3 is 5.73 Å². The van der Waals surface area contributed by atoms with Gasteiger partial charge in [-0.05, 0) is 30.7 Å². The van der Waals surface area contributed by atoms with Gasteiger partial charge in [-0.25, -0.2) is 0 Å². The molecule has 86 valence electrons. The molecule has 0 aliphatic heterocycles. The molecule has 0 fully saturated rings. The topological polar surface area (TPSA) is 68.9 Å². The van der Waals surface area contributed by atoms with Crippen molar-refractivity contribution in [1.29, 1.82) is 0 Å². The van der Waals surface area contributed by atoms with Crippen LogP contribution in [0.1, 0.15) is 18.4 Å². The summed E-state index contributed by atoms with van der Waals surface area (Å²) < 4.78 is 0. The van der Waals surface area contributed by atoms with Crippen LogP contribution in [0.3, 0.4) is 0 Å². The fourth-order valence-electron chi connectivity index (χ4n) is 1.51. The maximum atomic E-state index is 11.0. The third-order valence-electron chi connectivity index (χ3n) is 2.67. The molecule has 2 rings (SSSR count). The molecule has 2 aromatic rings. The summed E-state index contributed by atoms with van der Waals surface area (Å²) in [6.45, 7) is 1.77. The van der Waals surface area contributed by atoms with E-state index in [1.165, 1.54) is 0 Å². The van der Waals surface area contributed by atoms with Crippen molar-refractivity contribution in [3.63, 3.8) is 0 Å². The number of hydrogen-bond donors (Lipinski definition) is 1. The van der Waals surface area contributed by atoms with Gasteiger partial charge in [0.15, 0.2) is 0 Å². The van der Waals surface area contributed by atoms with Crippen molar-refractivity contribution >= 4 is 5.91 Å². The number of rotatable bonds is 3. The molecule has 1 amide bonds. The van der Waals surface area contributed by atoms with Gasteiger partial charge in [0.1, 0.15) is 0 Å².